The maximum absolute atomic E-state index is 3.77. The van der Waals surface area contributed by atoms with Crippen molar-refractivity contribution in [3.05, 3.63) is 0 Å². The van der Waals surface area contributed by atoms with Gasteiger partial charge in [-0.2, -0.15) is 0 Å². The lowest BCUT2D eigenvalue weighted by Crippen LogP contribution is -2.41. The Morgan fingerprint density at radius 3 is 2.31 bits per heavy atom. The van der Waals surface area contributed by atoms with Crippen molar-refractivity contribution in [3.8, 4) is 0 Å². The van der Waals surface area contributed by atoms with E-state index in [4.69, 9.17) is 0 Å². The van der Waals surface area contributed by atoms with Gasteiger partial charge in [0.1, 0.15) is 0 Å². The van der Waals surface area contributed by atoms with Gasteiger partial charge in [0.2, 0.25) is 0 Å². The number of rotatable bonds is 4. The van der Waals surface area contributed by atoms with Crippen LogP contribution in [0.4, 0.5) is 0 Å². The molecule has 1 saturated carbocycles. The third-order valence-corrected chi connectivity index (χ3v) is 3.60. The van der Waals surface area contributed by atoms with Crippen LogP contribution in [-0.2, 0) is 0 Å². The number of hydrogen-bond acceptors (Lipinski definition) is 1. The zero-order chi connectivity index (χ0) is 9.68. The SMILES string of the molecule is CC[C@@H](C)[C@@H](C)NC1CCCCC1. The van der Waals surface area contributed by atoms with Gasteiger partial charge >= 0.3 is 0 Å². The van der Waals surface area contributed by atoms with E-state index in [9.17, 15) is 0 Å². The highest BCUT2D eigenvalue weighted by Gasteiger charge is 2.17. The maximum Gasteiger partial charge on any atom is 0.00696 e. The van der Waals surface area contributed by atoms with Gasteiger partial charge in [-0.3, -0.25) is 0 Å². The van der Waals surface area contributed by atoms with Crippen LogP contribution in [0.2, 0.25) is 0 Å². The molecule has 1 rings (SSSR count). The van der Waals surface area contributed by atoms with Crippen molar-refractivity contribution in [2.75, 3.05) is 0 Å². The van der Waals surface area contributed by atoms with E-state index in [0.717, 1.165) is 12.0 Å². The molecule has 0 aliphatic heterocycles. The molecule has 0 heterocycles. The molecule has 0 aromatic heterocycles. The first kappa shape index (κ1) is 11.0. The Morgan fingerprint density at radius 2 is 1.77 bits per heavy atom. The zero-order valence-electron chi connectivity index (χ0n) is 9.47. The van der Waals surface area contributed by atoms with E-state index in [1.165, 1.54) is 38.5 Å². The van der Waals surface area contributed by atoms with Crippen LogP contribution in [0, 0.1) is 5.92 Å². The van der Waals surface area contributed by atoms with E-state index in [0.29, 0.717) is 6.04 Å². The monoisotopic (exact) mass is 183 g/mol. The highest BCUT2D eigenvalue weighted by molar-refractivity contribution is 4.77. The van der Waals surface area contributed by atoms with Gasteiger partial charge in [0, 0.05) is 12.1 Å². The van der Waals surface area contributed by atoms with Gasteiger partial charge in [-0.15, -0.1) is 0 Å². The molecular weight excluding hydrogens is 158 g/mol. The third-order valence-electron chi connectivity index (χ3n) is 3.60. The summed E-state index contributed by atoms with van der Waals surface area (Å²) in [4.78, 5) is 0. The minimum absolute atomic E-state index is 0.702. The Balaban J connectivity index is 2.21. The van der Waals surface area contributed by atoms with E-state index in [-0.39, 0.29) is 0 Å². The molecule has 0 unspecified atom stereocenters. The van der Waals surface area contributed by atoms with Crippen LogP contribution < -0.4 is 5.32 Å². The summed E-state index contributed by atoms with van der Waals surface area (Å²) in [6.45, 7) is 6.97. The molecule has 78 valence electrons. The summed E-state index contributed by atoms with van der Waals surface area (Å²) >= 11 is 0. The quantitative estimate of drug-likeness (QED) is 0.705. The third kappa shape index (κ3) is 3.68. The van der Waals surface area contributed by atoms with Crippen molar-refractivity contribution in [2.45, 2.75) is 71.4 Å². The molecule has 0 aromatic carbocycles. The minimum atomic E-state index is 0.702. The Kier molecular flexibility index (Phi) is 4.79. The second-order valence-electron chi connectivity index (χ2n) is 4.68. The lowest BCUT2D eigenvalue weighted by molar-refractivity contribution is 0.297. The average Bonchev–Trinajstić information content (AvgIpc) is 2.18. The van der Waals surface area contributed by atoms with Gasteiger partial charge < -0.3 is 5.32 Å². The van der Waals surface area contributed by atoms with Gasteiger partial charge in [0.05, 0.1) is 0 Å². The van der Waals surface area contributed by atoms with Crippen molar-refractivity contribution in [2.24, 2.45) is 5.92 Å². The van der Waals surface area contributed by atoms with Crippen LogP contribution in [0.15, 0.2) is 0 Å². The van der Waals surface area contributed by atoms with Gasteiger partial charge in [-0.25, -0.2) is 0 Å². The van der Waals surface area contributed by atoms with Gasteiger partial charge in [0.25, 0.3) is 0 Å². The normalized spacial score (nSPS) is 24.2. The maximum atomic E-state index is 3.77. The van der Waals surface area contributed by atoms with E-state index < -0.39 is 0 Å². The van der Waals surface area contributed by atoms with Crippen LogP contribution in [0.25, 0.3) is 0 Å². The molecule has 1 aliphatic carbocycles. The summed E-state index contributed by atoms with van der Waals surface area (Å²) < 4.78 is 0. The molecule has 1 nitrogen and oxygen atoms in total. The van der Waals surface area contributed by atoms with E-state index in [1.54, 1.807) is 0 Å². The molecule has 1 N–H and O–H groups in total. The Hall–Kier alpha value is -0.0400. The summed E-state index contributed by atoms with van der Waals surface area (Å²) in [5.74, 6) is 0.821. The topological polar surface area (TPSA) is 12.0 Å². The second kappa shape index (κ2) is 5.64. The molecule has 0 radical (unpaired) electrons. The predicted molar refractivity (Wildman–Crippen MR) is 58.9 cm³/mol. The Morgan fingerprint density at radius 1 is 1.15 bits per heavy atom. The molecule has 0 amide bonds. The minimum Gasteiger partial charge on any atom is -0.311 e. The summed E-state index contributed by atoms with van der Waals surface area (Å²) in [6.07, 6.45) is 8.42. The van der Waals surface area contributed by atoms with Crippen LogP contribution in [0.3, 0.4) is 0 Å². The molecule has 0 spiro atoms. The molecule has 13 heavy (non-hydrogen) atoms. The summed E-state index contributed by atoms with van der Waals surface area (Å²) in [5, 5.41) is 3.77. The van der Waals surface area contributed by atoms with Gasteiger partial charge in [-0.1, -0.05) is 39.5 Å². The largest absolute Gasteiger partial charge is 0.311 e. The molecule has 0 bridgehead atoms. The van der Waals surface area contributed by atoms with E-state index in [2.05, 4.69) is 26.1 Å². The zero-order valence-corrected chi connectivity index (χ0v) is 9.47. The number of nitrogens with one attached hydrogen (secondary N) is 1. The first-order chi connectivity index (χ1) is 6.24. The van der Waals surface area contributed by atoms with Crippen LogP contribution >= 0.6 is 0 Å². The molecule has 0 aromatic rings. The summed E-state index contributed by atoms with van der Waals surface area (Å²) in [7, 11) is 0. The van der Waals surface area contributed by atoms with Crippen LogP contribution in [0.5, 0.6) is 0 Å². The van der Waals surface area contributed by atoms with Crippen molar-refractivity contribution in [1.82, 2.24) is 5.32 Å². The van der Waals surface area contributed by atoms with E-state index >= 15 is 0 Å². The summed E-state index contributed by atoms with van der Waals surface area (Å²) in [6, 6.07) is 1.52. The first-order valence-electron chi connectivity index (χ1n) is 6.00. The van der Waals surface area contributed by atoms with Crippen LogP contribution in [0.1, 0.15) is 59.3 Å². The smallest absolute Gasteiger partial charge is 0.00696 e. The van der Waals surface area contributed by atoms with Crippen molar-refractivity contribution in [1.29, 1.82) is 0 Å². The van der Waals surface area contributed by atoms with E-state index in [1.807, 2.05) is 0 Å². The first-order valence-corrected chi connectivity index (χ1v) is 6.00. The van der Waals surface area contributed by atoms with Gasteiger partial charge in [0.15, 0.2) is 0 Å². The fourth-order valence-electron chi connectivity index (χ4n) is 2.16. The highest BCUT2D eigenvalue weighted by Crippen LogP contribution is 2.19. The molecule has 1 fully saturated rings. The molecule has 1 aliphatic rings. The molecular formula is C12H25N. The van der Waals surface area contributed by atoms with Crippen molar-refractivity contribution < 1.29 is 0 Å². The van der Waals surface area contributed by atoms with Crippen LogP contribution in [-0.4, -0.2) is 12.1 Å². The fraction of sp³-hybridized carbons (Fsp3) is 1.00. The predicted octanol–water partition coefficient (Wildman–Crippen LogP) is 3.34. The van der Waals surface area contributed by atoms with Gasteiger partial charge in [-0.05, 0) is 25.7 Å². The average molecular weight is 183 g/mol. The second-order valence-corrected chi connectivity index (χ2v) is 4.68. The number of hydrogen-bond donors (Lipinski definition) is 1. The lowest BCUT2D eigenvalue weighted by Gasteiger charge is -2.29. The molecule has 2 atom stereocenters. The Bertz CT molecular complexity index is 127. The Labute approximate surface area is 83.3 Å². The standard InChI is InChI=1S/C12H25N/c1-4-10(2)11(3)13-12-8-6-5-7-9-12/h10-13H,4-9H2,1-3H3/t10-,11-/m1/s1. The lowest BCUT2D eigenvalue weighted by atomic mass is 9.93. The molecule has 1 heteroatoms. The van der Waals surface area contributed by atoms with Crippen molar-refractivity contribution >= 4 is 0 Å². The summed E-state index contributed by atoms with van der Waals surface area (Å²) in [5.41, 5.74) is 0. The fourth-order valence-corrected chi connectivity index (χ4v) is 2.16. The molecule has 0 saturated heterocycles. The highest BCUT2D eigenvalue weighted by atomic mass is 14.9. The van der Waals surface area contributed by atoms with Crippen molar-refractivity contribution in [3.63, 3.8) is 0 Å².